The molecule has 0 aromatic heterocycles. The number of carbonyl (C=O) groups excluding carboxylic acids is 2. The van der Waals surface area contributed by atoms with E-state index in [0.717, 1.165) is 18.2 Å². The molecule has 202 valence electrons. The highest BCUT2D eigenvalue weighted by Gasteiger charge is 2.43. The fourth-order valence-electron chi connectivity index (χ4n) is 3.85. The molecule has 0 radical (unpaired) electrons. The van der Waals surface area contributed by atoms with E-state index in [1.54, 1.807) is 13.0 Å². The molecule has 12 heteroatoms. The molecule has 7 nitrogen and oxygen atoms in total. The van der Waals surface area contributed by atoms with Crippen LogP contribution >= 0.6 is 0 Å². The first kappa shape index (κ1) is 27.1. The van der Waals surface area contributed by atoms with E-state index in [1.807, 2.05) is 5.32 Å². The predicted octanol–water partition coefficient (Wildman–Crippen LogP) is 6.07. The molecule has 1 heterocycles. The number of halogens is 5. The van der Waals surface area contributed by atoms with E-state index in [-0.39, 0.29) is 43.5 Å². The Labute approximate surface area is 214 Å². The summed E-state index contributed by atoms with van der Waals surface area (Å²) in [5.74, 6) is -3.41. The van der Waals surface area contributed by atoms with Crippen LogP contribution in [-0.2, 0) is 20.4 Å². The molecule has 0 unspecified atom stereocenters. The standard InChI is InChI=1S/C26H23F5N2O5/c1-3-37-21-11-15(5-8-19(21)34)14-4-6-17(16(27)10-14)32-24(35)33-18-7-9-20(38-25(2)12-36-13-25)22(23(18)28)26(29,30)31/h4-7,9-11H,3,8,12-13H2,1-2H3,(H2,32,33,35). The average molecular weight is 538 g/mol. The Morgan fingerprint density at radius 3 is 2.39 bits per heavy atom. The van der Waals surface area contributed by atoms with Crippen LogP contribution in [0.5, 0.6) is 5.75 Å². The van der Waals surface area contributed by atoms with Gasteiger partial charge in [-0.2, -0.15) is 13.2 Å². The van der Waals surface area contributed by atoms with Gasteiger partial charge < -0.3 is 24.8 Å². The van der Waals surface area contributed by atoms with Gasteiger partial charge in [-0.1, -0.05) is 12.1 Å². The molecule has 1 fully saturated rings. The summed E-state index contributed by atoms with van der Waals surface area (Å²) in [6, 6.07) is 4.45. The van der Waals surface area contributed by atoms with Gasteiger partial charge in [0, 0.05) is 6.42 Å². The molecular formula is C26H23F5N2O5. The van der Waals surface area contributed by atoms with Crippen LogP contribution in [0.3, 0.4) is 0 Å². The molecule has 2 N–H and O–H groups in total. The fourth-order valence-corrected chi connectivity index (χ4v) is 3.85. The van der Waals surface area contributed by atoms with Crippen LogP contribution in [0, 0.1) is 11.6 Å². The number of benzene rings is 2. The summed E-state index contributed by atoms with van der Waals surface area (Å²) in [7, 11) is 0. The quantitative estimate of drug-likeness (QED) is 0.418. The van der Waals surface area contributed by atoms with Gasteiger partial charge in [-0.05, 0) is 55.3 Å². The molecule has 2 aromatic carbocycles. The predicted molar refractivity (Wildman–Crippen MR) is 128 cm³/mol. The van der Waals surface area contributed by atoms with Crippen molar-refractivity contribution < 1.29 is 45.8 Å². The SMILES string of the molecule is CCOC1=CC(c2ccc(NC(=O)Nc3ccc(OC4(C)COC4)c(C(F)(F)F)c3F)c(F)c2)=CCC1=O. The number of Topliss-reactive ketones (excluding diaryl/α,β-unsaturated/α-hetero) is 1. The molecule has 1 aliphatic carbocycles. The number of amides is 2. The normalized spacial score (nSPS) is 16.7. The van der Waals surface area contributed by atoms with Crippen LogP contribution in [0.1, 0.15) is 31.4 Å². The van der Waals surface area contributed by atoms with Gasteiger partial charge in [-0.15, -0.1) is 0 Å². The molecule has 2 amide bonds. The molecule has 38 heavy (non-hydrogen) atoms. The van der Waals surface area contributed by atoms with Crippen molar-refractivity contribution in [2.45, 2.75) is 32.0 Å². The summed E-state index contributed by atoms with van der Waals surface area (Å²) in [4.78, 5) is 24.3. The summed E-state index contributed by atoms with van der Waals surface area (Å²) < 4.78 is 86.1. The van der Waals surface area contributed by atoms with Crippen molar-refractivity contribution in [1.29, 1.82) is 0 Å². The number of nitrogens with one attached hydrogen (secondary N) is 2. The molecular weight excluding hydrogens is 515 g/mol. The maximum Gasteiger partial charge on any atom is 0.422 e. The van der Waals surface area contributed by atoms with Gasteiger partial charge in [0.25, 0.3) is 0 Å². The Bertz CT molecular complexity index is 1330. The Hall–Kier alpha value is -3.93. The van der Waals surface area contributed by atoms with Crippen LogP contribution < -0.4 is 15.4 Å². The number of ketones is 1. The van der Waals surface area contributed by atoms with Crippen molar-refractivity contribution in [3.05, 3.63) is 71.0 Å². The third-order valence-electron chi connectivity index (χ3n) is 5.73. The minimum absolute atomic E-state index is 0.0397. The average Bonchev–Trinajstić information content (AvgIpc) is 2.82. The second kappa shape index (κ2) is 10.4. The van der Waals surface area contributed by atoms with Crippen molar-refractivity contribution >= 4 is 28.8 Å². The lowest BCUT2D eigenvalue weighted by Gasteiger charge is -2.38. The Morgan fingerprint density at radius 2 is 1.79 bits per heavy atom. The topological polar surface area (TPSA) is 85.9 Å². The summed E-state index contributed by atoms with van der Waals surface area (Å²) in [6.07, 6.45) is -1.96. The van der Waals surface area contributed by atoms with Gasteiger partial charge in [-0.3, -0.25) is 4.79 Å². The van der Waals surface area contributed by atoms with Gasteiger partial charge in [0.2, 0.25) is 5.78 Å². The number of allylic oxidation sites excluding steroid dienone is 4. The zero-order valence-electron chi connectivity index (χ0n) is 20.3. The van der Waals surface area contributed by atoms with E-state index in [9.17, 15) is 31.5 Å². The maximum absolute atomic E-state index is 14.9. The highest BCUT2D eigenvalue weighted by atomic mass is 19.4. The van der Waals surface area contributed by atoms with Gasteiger partial charge in [0.15, 0.2) is 17.2 Å². The molecule has 0 atom stereocenters. The number of urea groups is 1. The monoisotopic (exact) mass is 538 g/mol. The van der Waals surface area contributed by atoms with Crippen molar-refractivity contribution in [1.82, 2.24) is 0 Å². The van der Waals surface area contributed by atoms with E-state index in [2.05, 4.69) is 5.32 Å². The number of ether oxygens (including phenoxy) is 3. The highest BCUT2D eigenvalue weighted by molar-refractivity contribution is 6.02. The molecule has 0 bridgehead atoms. The van der Waals surface area contributed by atoms with Crippen LogP contribution in [-0.4, -0.2) is 37.2 Å². The van der Waals surface area contributed by atoms with Crippen molar-refractivity contribution in [3.8, 4) is 5.75 Å². The van der Waals surface area contributed by atoms with Crippen LogP contribution in [0.2, 0.25) is 0 Å². The van der Waals surface area contributed by atoms with Gasteiger partial charge in [0.1, 0.15) is 17.1 Å². The molecule has 1 saturated heterocycles. The largest absolute Gasteiger partial charge is 0.490 e. The number of carbonyl (C=O) groups is 2. The summed E-state index contributed by atoms with van der Waals surface area (Å²) >= 11 is 0. The molecule has 0 spiro atoms. The van der Waals surface area contributed by atoms with Gasteiger partial charge in [-0.25, -0.2) is 13.6 Å². The maximum atomic E-state index is 14.9. The van der Waals surface area contributed by atoms with Crippen LogP contribution in [0.25, 0.3) is 5.57 Å². The van der Waals surface area contributed by atoms with Gasteiger partial charge >= 0.3 is 12.2 Å². The van der Waals surface area contributed by atoms with E-state index in [4.69, 9.17) is 14.2 Å². The Balaban J connectivity index is 1.50. The van der Waals surface area contributed by atoms with Crippen molar-refractivity contribution in [3.63, 3.8) is 0 Å². The molecule has 0 saturated carbocycles. The number of rotatable bonds is 7. The zero-order valence-corrected chi connectivity index (χ0v) is 20.3. The first-order chi connectivity index (χ1) is 17.9. The van der Waals surface area contributed by atoms with Crippen LogP contribution in [0.4, 0.5) is 38.1 Å². The number of hydrogen-bond donors (Lipinski definition) is 2. The van der Waals surface area contributed by atoms with E-state index < -0.39 is 46.4 Å². The fraction of sp³-hybridized carbons (Fsp3) is 0.308. The minimum Gasteiger partial charge on any atom is -0.490 e. The number of alkyl halides is 3. The Morgan fingerprint density at radius 1 is 1.11 bits per heavy atom. The molecule has 1 aliphatic heterocycles. The molecule has 2 aliphatic rings. The number of anilines is 2. The van der Waals surface area contributed by atoms with E-state index in [0.29, 0.717) is 11.1 Å². The first-order valence-corrected chi connectivity index (χ1v) is 11.5. The Kier molecular flexibility index (Phi) is 7.45. The lowest BCUT2D eigenvalue weighted by Crippen LogP contribution is -2.52. The van der Waals surface area contributed by atoms with Crippen LogP contribution in [0.15, 0.2) is 48.2 Å². The lowest BCUT2D eigenvalue weighted by atomic mass is 9.97. The summed E-state index contributed by atoms with van der Waals surface area (Å²) in [5.41, 5.74) is -2.86. The third kappa shape index (κ3) is 5.80. The number of hydrogen-bond acceptors (Lipinski definition) is 5. The smallest absolute Gasteiger partial charge is 0.422 e. The summed E-state index contributed by atoms with van der Waals surface area (Å²) in [6.45, 7) is 3.61. The van der Waals surface area contributed by atoms with Crippen molar-refractivity contribution in [2.24, 2.45) is 0 Å². The van der Waals surface area contributed by atoms with E-state index in [1.165, 1.54) is 25.1 Å². The summed E-state index contributed by atoms with van der Waals surface area (Å²) in [5, 5.41) is 4.12. The second-order valence-electron chi connectivity index (χ2n) is 8.84. The van der Waals surface area contributed by atoms with Gasteiger partial charge in [0.05, 0.1) is 31.2 Å². The van der Waals surface area contributed by atoms with E-state index >= 15 is 0 Å². The highest BCUT2D eigenvalue weighted by Crippen LogP contribution is 2.42. The second-order valence-corrected chi connectivity index (χ2v) is 8.84. The lowest BCUT2D eigenvalue weighted by molar-refractivity contribution is -0.161. The molecule has 2 aromatic rings. The van der Waals surface area contributed by atoms with Crippen molar-refractivity contribution in [2.75, 3.05) is 30.5 Å². The zero-order chi connectivity index (χ0) is 27.7. The minimum atomic E-state index is -5.12. The third-order valence-corrected chi connectivity index (χ3v) is 5.73. The molecule has 4 rings (SSSR count). The first-order valence-electron chi connectivity index (χ1n) is 11.5.